The highest BCUT2D eigenvalue weighted by Gasteiger charge is 2.37. The summed E-state index contributed by atoms with van der Waals surface area (Å²) < 4.78 is 5.13. The van der Waals surface area contributed by atoms with E-state index in [2.05, 4.69) is 11.9 Å². The van der Waals surface area contributed by atoms with E-state index in [9.17, 15) is 19.2 Å². The van der Waals surface area contributed by atoms with Crippen LogP contribution in [0.1, 0.15) is 38.0 Å². The number of esters is 1. The second-order valence-electron chi connectivity index (χ2n) is 6.26. The van der Waals surface area contributed by atoms with Gasteiger partial charge in [0, 0.05) is 11.6 Å². The van der Waals surface area contributed by atoms with E-state index in [0.29, 0.717) is 10.7 Å². The maximum absolute atomic E-state index is 12.8. The van der Waals surface area contributed by atoms with Gasteiger partial charge in [-0.25, -0.2) is 9.69 Å². The highest BCUT2D eigenvalue weighted by Crippen LogP contribution is 2.30. The number of halogens is 1. The van der Waals surface area contributed by atoms with E-state index in [4.69, 9.17) is 16.3 Å². The summed E-state index contributed by atoms with van der Waals surface area (Å²) in [5, 5.41) is 3.00. The molecule has 0 aliphatic carbocycles. The molecule has 0 bridgehead atoms. The van der Waals surface area contributed by atoms with Crippen LogP contribution in [0.15, 0.2) is 55.1 Å². The third-order valence-electron chi connectivity index (χ3n) is 4.28. The molecule has 0 saturated heterocycles. The van der Waals surface area contributed by atoms with Crippen molar-refractivity contribution in [3.8, 4) is 0 Å². The highest BCUT2D eigenvalue weighted by molar-refractivity contribution is 6.35. The molecule has 2 aromatic rings. The molecular formula is C21H17ClN2O5. The SMILES string of the molecule is C=CCNC(=O)[C@@H](C)OC(=O)c1ccc2c(c1)C(=O)N(c1ccc(Cl)cc1)C2=O. The molecule has 0 saturated carbocycles. The number of carbonyl (C=O) groups is 4. The van der Waals surface area contributed by atoms with Crippen LogP contribution in [0.5, 0.6) is 0 Å². The molecule has 0 fully saturated rings. The van der Waals surface area contributed by atoms with Gasteiger partial charge in [0.2, 0.25) is 0 Å². The molecule has 0 aromatic heterocycles. The lowest BCUT2D eigenvalue weighted by atomic mass is 10.1. The summed E-state index contributed by atoms with van der Waals surface area (Å²) in [6.45, 7) is 5.16. The number of carbonyl (C=O) groups excluding carboxylic acids is 4. The molecule has 0 spiro atoms. The Morgan fingerprint density at radius 3 is 2.45 bits per heavy atom. The molecule has 1 aliphatic heterocycles. The maximum Gasteiger partial charge on any atom is 0.338 e. The first-order valence-electron chi connectivity index (χ1n) is 8.71. The van der Waals surface area contributed by atoms with Gasteiger partial charge in [0.25, 0.3) is 17.7 Å². The van der Waals surface area contributed by atoms with Crippen LogP contribution in [-0.4, -0.2) is 36.3 Å². The zero-order valence-electron chi connectivity index (χ0n) is 15.5. The van der Waals surface area contributed by atoms with Gasteiger partial charge in [-0.05, 0) is 49.4 Å². The van der Waals surface area contributed by atoms with Crippen molar-refractivity contribution in [3.63, 3.8) is 0 Å². The van der Waals surface area contributed by atoms with Crippen LogP contribution < -0.4 is 10.2 Å². The number of anilines is 1. The zero-order valence-corrected chi connectivity index (χ0v) is 16.2. The van der Waals surface area contributed by atoms with E-state index in [1.165, 1.54) is 31.2 Å². The zero-order chi connectivity index (χ0) is 21.1. The van der Waals surface area contributed by atoms with Crippen molar-refractivity contribution in [1.82, 2.24) is 5.32 Å². The minimum absolute atomic E-state index is 0.0613. The fraction of sp³-hybridized carbons (Fsp3) is 0.143. The van der Waals surface area contributed by atoms with Crippen molar-refractivity contribution < 1.29 is 23.9 Å². The monoisotopic (exact) mass is 412 g/mol. The first-order valence-corrected chi connectivity index (χ1v) is 9.09. The quantitative estimate of drug-likeness (QED) is 0.447. The van der Waals surface area contributed by atoms with Gasteiger partial charge in [-0.2, -0.15) is 0 Å². The summed E-state index contributed by atoms with van der Waals surface area (Å²) in [6, 6.07) is 10.3. The highest BCUT2D eigenvalue weighted by atomic mass is 35.5. The number of nitrogens with zero attached hydrogens (tertiary/aromatic N) is 1. The van der Waals surface area contributed by atoms with Gasteiger partial charge >= 0.3 is 5.97 Å². The normalized spacial score (nSPS) is 13.7. The topological polar surface area (TPSA) is 92.8 Å². The van der Waals surface area contributed by atoms with Crippen LogP contribution in [0.2, 0.25) is 5.02 Å². The van der Waals surface area contributed by atoms with E-state index >= 15 is 0 Å². The van der Waals surface area contributed by atoms with Crippen molar-refractivity contribution in [3.05, 3.63) is 76.8 Å². The van der Waals surface area contributed by atoms with Crippen molar-refractivity contribution in [2.24, 2.45) is 0 Å². The molecule has 8 heteroatoms. The Kier molecular flexibility index (Phi) is 5.79. The number of ether oxygens (including phenoxy) is 1. The average molecular weight is 413 g/mol. The number of hydrogen-bond acceptors (Lipinski definition) is 5. The molecule has 1 N–H and O–H groups in total. The summed E-state index contributed by atoms with van der Waals surface area (Å²) in [5.41, 5.74) is 0.699. The standard InChI is InChI=1S/C21H17ClN2O5/c1-3-10-23-18(25)12(2)29-21(28)13-4-9-16-17(11-13)20(27)24(19(16)26)15-7-5-14(22)6-8-15/h3-9,11-12H,1,10H2,2H3,(H,23,25)/t12-/m1/s1. The summed E-state index contributed by atoms with van der Waals surface area (Å²) in [7, 11) is 0. The molecule has 0 radical (unpaired) electrons. The van der Waals surface area contributed by atoms with Crippen molar-refractivity contribution in [2.75, 3.05) is 11.4 Å². The number of amides is 3. The van der Waals surface area contributed by atoms with Crippen molar-refractivity contribution in [1.29, 1.82) is 0 Å². The molecule has 3 amide bonds. The molecule has 29 heavy (non-hydrogen) atoms. The van der Waals surface area contributed by atoms with Gasteiger partial charge in [-0.1, -0.05) is 17.7 Å². The first-order chi connectivity index (χ1) is 13.8. The van der Waals surface area contributed by atoms with Gasteiger partial charge < -0.3 is 10.1 Å². The number of benzene rings is 2. The molecule has 7 nitrogen and oxygen atoms in total. The molecule has 1 aliphatic rings. The average Bonchev–Trinajstić information content (AvgIpc) is 2.96. The smallest absolute Gasteiger partial charge is 0.338 e. The summed E-state index contributed by atoms with van der Waals surface area (Å²) in [5.74, 6) is -2.30. The van der Waals surface area contributed by atoms with Crippen LogP contribution in [0, 0.1) is 0 Å². The minimum atomic E-state index is -1.03. The number of hydrogen-bond donors (Lipinski definition) is 1. The van der Waals surface area contributed by atoms with Crippen LogP contribution in [0.4, 0.5) is 5.69 Å². The Labute approximate surface area is 171 Å². The Balaban J connectivity index is 1.80. The van der Waals surface area contributed by atoms with Gasteiger partial charge in [-0.3, -0.25) is 14.4 Å². The number of nitrogens with one attached hydrogen (secondary N) is 1. The van der Waals surface area contributed by atoms with Gasteiger partial charge in [0.05, 0.1) is 22.4 Å². The van der Waals surface area contributed by atoms with Gasteiger partial charge in [0.1, 0.15) is 0 Å². The van der Waals surface area contributed by atoms with Gasteiger partial charge in [-0.15, -0.1) is 6.58 Å². The largest absolute Gasteiger partial charge is 0.449 e. The third-order valence-corrected chi connectivity index (χ3v) is 4.53. The van der Waals surface area contributed by atoms with E-state index in [1.54, 1.807) is 24.3 Å². The lowest BCUT2D eigenvalue weighted by molar-refractivity contribution is -0.128. The second kappa shape index (κ2) is 8.28. The maximum atomic E-state index is 12.8. The lowest BCUT2D eigenvalue weighted by Crippen LogP contribution is -2.35. The molecule has 1 heterocycles. The predicted molar refractivity (Wildman–Crippen MR) is 107 cm³/mol. The third kappa shape index (κ3) is 4.05. The Hall–Kier alpha value is -3.45. The minimum Gasteiger partial charge on any atom is -0.449 e. The fourth-order valence-electron chi connectivity index (χ4n) is 2.79. The van der Waals surface area contributed by atoms with Crippen molar-refractivity contribution in [2.45, 2.75) is 13.0 Å². The molecule has 148 valence electrons. The van der Waals surface area contributed by atoms with E-state index in [-0.39, 0.29) is 23.2 Å². The Morgan fingerprint density at radius 2 is 1.79 bits per heavy atom. The molecule has 1 atom stereocenters. The van der Waals surface area contributed by atoms with Crippen molar-refractivity contribution >= 4 is 41.0 Å². The molecule has 2 aromatic carbocycles. The van der Waals surface area contributed by atoms with Crippen LogP contribution in [-0.2, 0) is 9.53 Å². The predicted octanol–water partition coefficient (Wildman–Crippen LogP) is 2.99. The number of rotatable bonds is 6. The fourth-order valence-corrected chi connectivity index (χ4v) is 2.92. The molecule has 3 rings (SSSR count). The molecule has 0 unspecified atom stereocenters. The number of imide groups is 1. The summed E-state index contributed by atoms with van der Waals surface area (Å²) in [6.07, 6.45) is 0.473. The van der Waals surface area contributed by atoms with Gasteiger partial charge in [0.15, 0.2) is 6.10 Å². The van der Waals surface area contributed by atoms with E-state index < -0.39 is 29.8 Å². The Bertz CT molecular complexity index is 1020. The van der Waals surface area contributed by atoms with Crippen LogP contribution in [0.3, 0.4) is 0 Å². The van der Waals surface area contributed by atoms with E-state index in [1.807, 2.05) is 0 Å². The second-order valence-corrected chi connectivity index (χ2v) is 6.70. The van der Waals surface area contributed by atoms with E-state index in [0.717, 1.165) is 4.90 Å². The number of fused-ring (bicyclic) bond motifs is 1. The lowest BCUT2D eigenvalue weighted by Gasteiger charge is -2.13. The first kappa shape index (κ1) is 20.3. The summed E-state index contributed by atoms with van der Waals surface area (Å²) in [4.78, 5) is 50.6. The summed E-state index contributed by atoms with van der Waals surface area (Å²) >= 11 is 5.85. The molecular weight excluding hydrogens is 396 g/mol. The van der Waals surface area contributed by atoms with Crippen LogP contribution >= 0.6 is 11.6 Å². The Morgan fingerprint density at radius 1 is 1.14 bits per heavy atom. The van der Waals surface area contributed by atoms with Crippen LogP contribution in [0.25, 0.3) is 0 Å².